The van der Waals surface area contributed by atoms with Gasteiger partial charge < -0.3 is 41.5 Å². The molecular weight excluding hydrogens is 1210 g/mol. The van der Waals surface area contributed by atoms with Gasteiger partial charge in [0.05, 0.1) is 72.2 Å². The standard InChI is InChI=1S/C26H27FN6O2.C21H19FN6O2.C21H17FN6O/c1-16-12-29-25-11-24(27)19(10-23(16)25)13-30-26(35)18-5-7-28-21(9-18)14-32-8-6-20(31-32)15-33(17(2)34)22-3-4-22;1-12-5-25-19-4-18(22)14(3-17(12)19)8-26-21(30)15-2-13(6-24-7-15)10-28-11-16(9-27-28)20(23)29;1-13-6-25-20-4-19(22)16(3-18(13)20)10-26-21(29)17-2-14(7-24-9-17)11-28-12-15(5-23)8-27-28/h5-12,22,29H,3-4,13-15H2,1-2H3,(H,30,35);2-7,9,11,25H,8,10H2,1H3,(H2,23,29)(H,26,30);2-4,6-9,12,25H,10-11H2,1H3,(H,26,29). The lowest BCUT2D eigenvalue weighted by molar-refractivity contribution is -0.130. The van der Waals surface area contributed by atoms with Gasteiger partial charge in [0.15, 0.2) is 0 Å². The Morgan fingerprint density at radius 1 is 0.596 bits per heavy atom. The molecule has 1 aliphatic carbocycles. The summed E-state index contributed by atoms with van der Waals surface area (Å²) in [6.07, 6.45) is 23.1. The highest BCUT2D eigenvalue weighted by Crippen LogP contribution is 2.29. The molecule has 0 spiro atoms. The van der Waals surface area contributed by atoms with Gasteiger partial charge in [-0.15, -0.1) is 0 Å². The first-order chi connectivity index (χ1) is 45.3. The number of nitrogens with two attached hydrogens (primary N) is 1. The summed E-state index contributed by atoms with van der Waals surface area (Å²) in [5.74, 6) is -2.65. The second-order valence-electron chi connectivity index (χ2n) is 22.8. The summed E-state index contributed by atoms with van der Waals surface area (Å²) < 4.78 is 47.9. The van der Waals surface area contributed by atoms with E-state index in [1.807, 2.05) is 62.6 Å². The number of nitriles is 1. The minimum atomic E-state index is -0.562. The Bertz CT molecular complexity index is 4870. The molecule has 0 unspecified atom stereocenters. The molecule has 0 atom stereocenters. The van der Waals surface area contributed by atoms with Crippen LogP contribution in [0.1, 0.15) is 123 Å². The van der Waals surface area contributed by atoms with Crippen molar-refractivity contribution in [2.45, 2.75) is 92.4 Å². The van der Waals surface area contributed by atoms with Crippen molar-refractivity contribution in [2.75, 3.05) is 0 Å². The summed E-state index contributed by atoms with van der Waals surface area (Å²) in [7, 11) is 0. The third-order valence-electron chi connectivity index (χ3n) is 15.8. The number of primary amides is 1. The number of rotatable bonds is 19. The predicted octanol–water partition coefficient (Wildman–Crippen LogP) is 9.04. The molecule has 0 bridgehead atoms. The minimum Gasteiger partial charge on any atom is -0.366 e. The molecular formula is C68H63F3N18O5. The van der Waals surface area contributed by atoms with Crippen LogP contribution < -0.4 is 21.7 Å². The number of aromatic amines is 3. The zero-order valence-electron chi connectivity index (χ0n) is 51.5. The molecule has 0 radical (unpaired) electrons. The second kappa shape index (κ2) is 28.0. The lowest BCUT2D eigenvalue weighted by Crippen LogP contribution is -2.30. The SMILES string of the molecule is CC(=O)N(Cc1ccn(Cc2cc(C(=O)NCc3cc4c(C)c[nH]c4cc3F)ccn2)n1)C1CC1.Cc1c[nH]c2cc(F)c(CNC(=O)c3cncc(Cn4cc(C#N)cn4)c3)cc12.Cc1c[nH]c2cc(F)c(CNC(=O)c3cncc(Cn4cc(C(N)=O)cn4)c3)cc12. The number of H-pyrrole nitrogens is 3. The molecule has 23 nitrogen and oxygen atoms in total. The van der Waals surface area contributed by atoms with Crippen molar-refractivity contribution in [3.05, 3.63) is 248 Å². The molecule has 476 valence electrons. The molecule has 8 N–H and O–H groups in total. The molecule has 1 fully saturated rings. The van der Waals surface area contributed by atoms with Gasteiger partial charge in [-0.05, 0) is 128 Å². The van der Waals surface area contributed by atoms with Gasteiger partial charge in [0.2, 0.25) is 5.91 Å². The number of carbonyl (C=O) groups is 5. The normalized spacial score (nSPS) is 11.8. The van der Waals surface area contributed by atoms with Crippen LogP contribution >= 0.6 is 0 Å². The highest BCUT2D eigenvalue weighted by molar-refractivity contribution is 5.96. The number of hydrogen-bond acceptors (Lipinski definition) is 12. The van der Waals surface area contributed by atoms with Crippen LogP contribution in [0.3, 0.4) is 0 Å². The first kappa shape index (κ1) is 63.6. The van der Waals surface area contributed by atoms with E-state index in [2.05, 4.69) is 61.2 Å². The number of aromatic nitrogens is 12. The number of fused-ring (bicyclic) bond motifs is 3. The van der Waals surface area contributed by atoms with Gasteiger partial charge in [-0.3, -0.25) is 53.0 Å². The zero-order chi connectivity index (χ0) is 66.2. The maximum Gasteiger partial charge on any atom is 0.253 e. The fourth-order valence-electron chi connectivity index (χ4n) is 10.6. The average molecular weight is 1270 g/mol. The fourth-order valence-corrected chi connectivity index (χ4v) is 10.6. The van der Waals surface area contributed by atoms with Crippen molar-refractivity contribution in [1.82, 2.24) is 80.1 Å². The van der Waals surface area contributed by atoms with E-state index in [0.29, 0.717) is 82.4 Å². The van der Waals surface area contributed by atoms with Crippen molar-refractivity contribution >= 4 is 62.2 Å². The van der Waals surface area contributed by atoms with Crippen LogP contribution in [0.4, 0.5) is 13.2 Å². The van der Waals surface area contributed by atoms with Crippen LogP contribution in [0, 0.1) is 49.6 Å². The summed E-state index contributed by atoms with van der Waals surface area (Å²) in [6, 6.07) is 20.5. The number of nitrogens with one attached hydrogen (secondary N) is 6. The largest absolute Gasteiger partial charge is 0.366 e. The number of carbonyl (C=O) groups excluding carboxylic acids is 5. The second-order valence-corrected chi connectivity index (χ2v) is 22.8. The Labute approximate surface area is 535 Å². The summed E-state index contributed by atoms with van der Waals surface area (Å²) >= 11 is 0. The van der Waals surface area contributed by atoms with E-state index in [0.717, 1.165) is 79.1 Å². The van der Waals surface area contributed by atoms with Gasteiger partial charge in [0.1, 0.15) is 23.5 Å². The van der Waals surface area contributed by atoms with Gasteiger partial charge in [0.25, 0.3) is 23.6 Å². The van der Waals surface area contributed by atoms with E-state index < -0.39 is 5.91 Å². The van der Waals surface area contributed by atoms with Gasteiger partial charge in [0, 0.05) is 156 Å². The van der Waals surface area contributed by atoms with Gasteiger partial charge >= 0.3 is 0 Å². The Morgan fingerprint density at radius 3 is 1.54 bits per heavy atom. The number of pyridine rings is 3. The molecule has 1 saturated carbocycles. The number of halogens is 3. The van der Waals surface area contributed by atoms with Crippen molar-refractivity contribution in [3.8, 4) is 6.07 Å². The molecule has 0 saturated heterocycles. The Morgan fingerprint density at radius 2 is 1.09 bits per heavy atom. The molecule has 9 aromatic heterocycles. The maximum atomic E-state index is 14.4. The molecule has 13 rings (SSSR count). The minimum absolute atomic E-state index is 0.0522. The first-order valence-electron chi connectivity index (χ1n) is 29.8. The van der Waals surface area contributed by atoms with Gasteiger partial charge in [-0.2, -0.15) is 20.6 Å². The highest BCUT2D eigenvalue weighted by Gasteiger charge is 2.31. The maximum absolute atomic E-state index is 14.4. The number of hydrogen-bond donors (Lipinski definition) is 7. The smallest absolute Gasteiger partial charge is 0.253 e. The van der Waals surface area contributed by atoms with E-state index in [4.69, 9.17) is 11.0 Å². The van der Waals surface area contributed by atoms with Crippen molar-refractivity contribution in [3.63, 3.8) is 0 Å². The highest BCUT2D eigenvalue weighted by atomic mass is 19.1. The molecule has 26 heteroatoms. The van der Waals surface area contributed by atoms with Crippen molar-refractivity contribution in [2.24, 2.45) is 5.73 Å². The van der Waals surface area contributed by atoms with Crippen molar-refractivity contribution in [1.29, 1.82) is 5.26 Å². The zero-order valence-corrected chi connectivity index (χ0v) is 51.5. The number of amides is 5. The third kappa shape index (κ3) is 15.4. The summed E-state index contributed by atoms with van der Waals surface area (Å²) in [6.45, 7) is 9.20. The quantitative estimate of drug-likeness (QED) is 0.0399. The van der Waals surface area contributed by atoms with Crippen LogP contribution in [0.25, 0.3) is 32.7 Å². The Balaban J connectivity index is 0.000000145. The van der Waals surface area contributed by atoms with Crippen LogP contribution in [0.15, 0.2) is 147 Å². The van der Waals surface area contributed by atoms with E-state index >= 15 is 0 Å². The first-order valence-corrected chi connectivity index (χ1v) is 29.8. The summed E-state index contributed by atoms with van der Waals surface area (Å²) in [5.41, 5.74) is 16.6. The fraction of sp³-hybridized carbons (Fsp3) is 0.206. The van der Waals surface area contributed by atoms with E-state index in [-0.39, 0.29) is 60.7 Å². The van der Waals surface area contributed by atoms with Crippen molar-refractivity contribution < 1.29 is 37.1 Å². The topological polar surface area (TPSA) is 314 Å². The summed E-state index contributed by atoms with van der Waals surface area (Å²) in [4.78, 5) is 84.3. The molecule has 1 aliphatic rings. The molecule has 9 heterocycles. The molecule has 12 aromatic rings. The third-order valence-corrected chi connectivity index (χ3v) is 15.8. The number of aryl methyl sites for hydroxylation is 3. The molecule has 94 heavy (non-hydrogen) atoms. The number of benzene rings is 3. The number of nitrogens with zero attached hydrogens (tertiary/aromatic N) is 11. The van der Waals surface area contributed by atoms with Crippen LogP contribution in [-0.4, -0.2) is 99.7 Å². The average Bonchev–Trinajstić information content (AvgIpc) is 1.90. The Hall–Kier alpha value is -12.0. The van der Waals surface area contributed by atoms with Crippen LogP contribution in [0.2, 0.25) is 0 Å². The predicted molar refractivity (Wildman–Crippen MR) is 342 cm³/mol. The molecule has 0 aliphatic heterocycles. The lowest BCUT2D eigenvalue weighted by Gasteiger charge is -2.18. The van der Waals surface area contributed by atoms with E-state index in [1.165, 1.54) is 53.9 Å². The van der Waals surface area contributed by atoms with E-state index in [9.17, 15) is 37.1 Å². The lowest BCUT2D eigenvalue weighted by atomic mass is 10.1. The van der Waals surface area contributed by atoms with Gasteiger partial charge in [-0.25, -0.2) is 13.2 Å². The molecule has 5 amide bonds. The van der Waals surface area contributed by atoms with E-state index in [1.54, 1.807) is 83.5 Å². The van der Waals surface area contributed by atoms with Gasteiger partial charge in [-0.1, -0.05) is 0 Å². The Kier molecular flexibility index (Phi) is 18.9. The monoisotopic (exact) mass is 1270 g/mol. The van der Waals surface area contributed by atoms with Crippen LogP contribution in [-0.2, 0) is 50.6 Å². The van der Waals surface area contributed by atoms with Crippen LogP contribution in [0.5, 0.6) is 0 Å². The molecule has 3 aromatic carbocycles. The summed E-state index contributed by atoms with van der Waals surface area (Å²) in [5, 5.41) is 32.6.